The Bertz CT molecular complexity index is 765. The number of hydrogen-bond acceptors (Lipinski definition) is 3. The minimum atomic E-state index is -0.961. The molecule has 0 bridgehead atoms. The lowest BCUT2D eigenvalue weighted by atomic mass is 10.1. The zero-order valence-corrected chi connectivity index (χ0v) is 10.9. The average molecular weight is 267 g/mol. The molecule has 20 heavy (non-hydrogen) atoms. The van der Waals surface area contributed by atoms with Gasteiger partial charge in [-0.3, -0.25) is 0 Å². The van der Waals surface area contributed by atoms with E-state index in [4.69, 9.17) is 5.11 Å². The molecule has 1 N–H and O–H groups in total. The molecule has 1 aromatic heterocycles. The molecule has 3 rings (SSSR count). The second-order valence-corrected chi connectivity index (χ2v) is 4.63. The van der Waals surface area contributed by atoms with Gasteiger partial charge in [-0.25, -0.2) is 9.48 Å². The number of aromatic carboxylic acids is 1. The quantitative estimate of drug-likeness (QED) is 0.792. The maximum atomic E-state index is 11.0. The van der Waals surface area contributed by atoms with E-state index in [1.807, 2.05) is 37.3 Å². The van der Waals surface area contributed by atoms with E-state index in [9.17, 15) is 4.79 Å². The van der Waals surface area contributed by atoms with E-state index in [0.29, 0.717) is 5.52 Å². The van der Waals surface area contributed by atoms with Crippen LogP contribution in [-0.4, -0.2) is 26.1 Å². The summed E-state index contributed by atoms with van der Waals surface area (Å²) in [6.07, 6.45) is 0. The van der Waals surface area contributed by atoms with Crippen molar-refractivity contribution in [3.63, 3.8) is 0 Å². The van der Waals surface area contributed by atoms with Crippen LogP contribution in [0.5, 0.6) is 0 Å². The van der Waals surface area contributed by atoms with E-state index < -0.39 is 5.97 Å². The number of carbonyl (C=O) groups is 1. The Kier molecular flexibility index (Phi) is 2.95. The van der Waals surface area contributed by atoms with Gasteiger partial charge >= 0.3 is 5.97 Å². The summed E-state index contributed by atoms with van der Waals surface area (Å²) in [5.74, 6) is -0.961. The summed E-state index contributed by atoms with van der Waals surface area (Å²) in [7, 11) is 0. The first-order valence-corrected chi connectivity index (χ1v) is 6.30. The summed E-state index contributed by atoms with van der Waals surface area (Å²) in [5.41, 5.74) is 2.76. The fourth-order valence-corrected chi connectivity index (χ4v) is 2.23. The molecule has 0 radical (unpaired) electrons. The number of aromatic nitrogens is 3. The van der Waals surface area contributed by atoms with Crippen LogP contribution in [0.25, 0.3) is 11.0 Å². The third kappa shape index (κ3) is 2.03. The normalized spacial score (nSPS) is 12.4. The van der Waals surface area contributed by atoms with Crippen LogP contribution < -0.4 is 0 Å². The minimum absolute atomic E-state index is 0.0388. The van der Waals surface area contributed by atoms with Gasteiger partial charge in [-0.1, -0.05) is 35.5 Å². The molecular formula is C15H13N3O2. The van der Waals surface area contributed by atoms with Gasteiger partial charge in [-0.15, -0.1) is 5.10 Å². The van der Waals surface area contributed by atoms with Gasteiger partial charge in [0.05, 0.1) is 17.1 Å². The van der Waals surface area contributed by atoms with Crippen LogP contribution in [0.2, 0.25) is 0 Å². The third-order valence-corrected chi connectivity index (χ3v) is 3.37. The Hall–Kier alpha value is -2.69. The number of benzene rings is 2. The minimum Gasteiger partial charge on any atom is -0.478 e. The Morgan fingerprint density at radius 2 is 1.95 bits per heavy atom. The van der Waals surface area contributed by atoms with Gasteiger partial charge in [0.25, 0.3) is 0 Å². The summed E-state index contributed by atoms with van der Waals surface area (Å²) in [6, 6.07) is 14.9. The predicted octanol–water partition coefficient (Wildman–Crippen LogP) is 2.74. The average Bonchev–Trinajstić information content (AvgIpc) is 2.90. The van der Waals surface area contributed by atoms with Crippen molar-refractivity contribution >= 4 is 17.0 Å². The lowest BCUT2D eigenvalue weighted by molar-refractivity contribution is 0.0697. The fraction of sp³-hybridized carbons (Fsp3) is 0.133. The van der Waals surface area contributed by atoms with Crippen LogP contribution in [0, 0.1) is 0 Å². The van der Waals surface area contributed by atoms with Gasteiger partial charge in [-0.05, 0) is 30.7 Å². The zero-order chi connectivity index (χ0) is 14.1. The maximum absolute atomic E-state index is 11.0. The highest BCUT2D eigenvalue weighted by Crippen LogP contribution is 2.22. The van der Waals surface area contributed by atoms with Gasteiger partial charge < -0.3 is 5.11 Å². The number of carboxylic acid groups (broad SMARTS) is 1. The molecule has 1 unspecified atom stereocenters. The van der Waals surface area contributed by atoms with E-state index in [1.54, 1.807) is 22.9 Å². The molecule has 5 heteroatoms. The molecule has 100 valence electrons. The summed E-state index contributed by atoms with van der Waals surface area (Å²) >= 11 is 0. The van der Waals surface area contributed by atoms with Crippen molar-refractivity contribution < 1.29 is 9.90 Å². The molecule has 0 aliphatic rings. The lowest BCUT2D eigenvalue weighted by Gasteiger charge is -2.12. The summed E-state index contributed by atoms with van der Waals surface area (Å²) < 4.78 is 1.80. The highest BCUT2D eigenvalue weighted by Gasteiger charge is 2.14. The lowest BCUT2D eigenvalue weighted by Crippen LogP contribution is -2.08. The van der Waals surface area contributed by atoms with E-state index in [-0.39, 0.29) is 11.6 Å². The van der Waals surface area contributed by atoms with E-state index in [2.05, 4.69) is 10.3 Å². The van der Waals surface area contributed by atoms with Crippen LogP contribution in [0.1, 0.15) is 28.9 Å². The van der Waals surface area contributed by atoms with Crippen LogP contribution >= 0.6 is 0 Å². The molecule has 0 saturated heterocycles. The molecule has 0 fully saturated rings. The first-order valence-electron chi connectivity index (χ1n) is 6.30. The molecule has 0 amide bonds. The first kappa shape index (κ1) is 12.3. The molecule has 0 saturated carbocycles. The number of fused-ring (bicyclic) bond motifs is 1. The Morgan fingerprint density at radius 1 is 1.20 bits per heavy atom. The molecular weight excluding hydrogens is 254 g/mol. The highest BCUT2D eigenvalue weighted by molar-refractivity contribution is 5.92. The van der Waals surface area contributed by atoms with Crippen molar-refractivity contribution in [3.05, 3.63) is 59.7 Å². The number of hydrogen-bond donors (Lipinski definition) is 1. The Balaban J connectivity index is 2.07. The van der Waals surface area contributed by atoms with Crippen molar-refractivity contribution in [1.82, 2.24) is 15.0 Å². The van der Waals surface area contributed by atoms with Gasteiger partial charge in [0.1, 0.15) is 5.52 Å². The molecule has 0 aliphatic carbocycles. The van der Waals surface area contributed by atoms with Gasteiger partial charge in [0, 0.05) is 0 Å². The van der Waals surface area contributed by atoms with Gasteiger partial charge in [0.15, 0.2) is 0 Å². The Labute approximate surface area is 115 Å². The number of rotatable bonds is 3. The third-order valence-electron chi connectivity index (χ3n) is 3.37. The van der Waals surface area contributed by atoms with Crippen LogP contribution in [0.3, 0.4) is 0 Å². The van der Waals surface area contributed by atoms with E-state index >= 15 is 0 Å². The van der Waals surface area contributed by atoms with Crippen molar-refractivity contribution in [2.24, 2.45) is 0 Å². The van der Waals surface area contributed by atoms with Crippen molar-refractivity contribution in [2.75, 3.05) is 0 Å². The molecule has 5 nitrogen and oxygen atoms in total. The van der Waals surface area contributed by atoms with Crippen LogP contribution in [0.15, 0.2) is 48.5 Å². The molecule has 2 aromatic carbocycles. The van der Waals surface area contributed by atoms with Crippen molar-refractivity contribution in [3.8, 4) is 0 Å². The molecule has 0 aliphatic heterocycles. The molecule has 1 atom stereocenters. The standard InChI is InChI=1S/C15H13N3O2/c1-10(11-5-3-2-4-6-11)18-14-8-7-12(15(19)20)9-13(14)16-17-18/h2-10H,1H3,(H,19,20). The molecule has 1 heterocycles. The SMILES string of the molecule is CC(c1ccccc1)n1nnc2cc(C(=O)O)ccc21. The Morgan fingerprint density at radius 3 is 2.65 bits per heavy atom. The summed E-state index contributed by atoms with van der Waals surface area (Å²) in [5, 5.41) is 17.2. The fourth-order valence-electron chi connectivity index (χ4n) is 2.23. The van der Waals surface area contributed by atoms with Crippen molar-refractivity contribution in [1.29, 1.82) is 0 Å². The van der Waals surface area contributed by atoms with Gasteiger partial charge in [-0.2, -0.15) is 0 Å². The number of nitrogens with zero attached hydrogens (tertiary/aromatic N) is 3. The van der Waals surface area contributed by atoms with E-state index in [0.717, 1.165) is 11.1 Å². The monoisotopic (exact) mass is 267 g/mol. The molecule has 3 aromatic rings. The van der Waals surface area contributed by atoms with Crippen LogP contribution in [-0.2, 0) is 0 Å². The summed E-state index contributed by atoms with van der Waals surface area (Å²) in [4.78, 5) is 11.0. The number of carboxylic acids is 1. The second-order valence-electron chi connectivity index (χ2n) is 4.63. The zero-order valence-electron chi connectivity index (χ0n) is 10.9. The topological polar surface area (TPSA) is 68.0 Å². The maximum Gasteiger partial charge on any atom is 0.335 e. The second kappa shape index (κ2) is 4.77. The highest BCUT2D eigenvalue weighted by atomic mass is 16.4. The largest absolute Gasteiger partial charge is 0.478 e. The van der Waals surface area contributed by atoms with Crippen LogP contribution in [0.4, 0.5) is 0 Å². The smallest absolute Gasteiger partial charge is 0.335 e. The van der Waals surface area contributed by atoms with E-state index in [1.165, 1.54) is 0 Å². The summed E-state index contributed by atoms with van der Waals surface area (Å²) in [6.45, 7) is 2.04. The predicted molar refractivity (Wildman–Crippen MR) is 74.7 cm³/mol. The first-order chi connectivity index (χ1) is 9.66. The van der Waals surface area contributed by atoms with Crippen molar-refractivity contribution in [2.45, 2.75) is 13.0 Å². The van der Waals surface area contributed by atoms with Gasteiger partial charge in [0.2, 0.25) is 0 Å². The molecule has 0 spiro atoms.